The van der Waals surface area contributed by atoms with Gasteiger partial charge in [0.15, 0.2) is 0 Å². The van der Waals surface area contributed by atoms with Crippen molar-refractivity contribution in [1.29, 1.82) is 0 Å². The molecule has 2 rings (SSSR count). The minimum atomic E-state index is -0.448. The molecule has 0 saturated heterocycles. The van der Waals surface area contributed by atoms with Crippen molar-refractivity contribution in [1.82, 2.24) is 0 Å². The molecule has 1 aromatic carbocycles. The summed E-state index contributed by atoms with van der Waals surface area (Å²) in [5, 5.41) is 14.4. The third-order valence-corrected chi connectivity index (χ3v) is 3.86. The highest BCUT2D eigenvalue weighted by atomic mass is 79.9. The maximum absolute atomic E-state index is 10.7. The summed E-state index contributed by atoms with van der Waals surface area (Å²) in [6, 6.07) is 3.28. The summed E-state index contributed by atoms with van der Waals surface area (Å²) in [6.45, 7) is 0. The molecular weight excluding hydrogens is 307 g/mol. The number of nitro benzene ring substituents is 1. The van der Waals surface area contributed by atoms with Gasteiger partial charge in [-0.2, -0.15) is 0 Å². The fourth-order valence-electron chi connectivity index (χ4n) is 2.08. The number of nitrogens with zero attached hydrogens (tertiary/aromatic N) is 1. The van der Waals surface area contributed by atoms with Gasteiger partial charge in [-0.25, -0.2) is 0 Å². The van der Waals surface area contributed by atoms with Gasteiger partial charge in [0.25, 0.3) is 5.69 Å². The molecule has 0 aliphatic heterocycles. The number of anilines is 1. The second-order valence-corrected chi connectivity index (χ2v) is 5.43. The van der Waals surface area contributed by atoms with Crippen LogP contribution < -0.4 is 5.32 Å². The highest BCUT2D eigenvalue weighted by Gasteiger charge is 2.19. The van der Waals surface area contributed by atoms with E-state index in [-0.39, 0.29) is 5.69 Å². The van der Waals surface area contributed by atoms with E-state index in [0.717, 1.165) is 18.5 Å². The molecule has 17 heavy (non-hydrogen) atoms. The van der Waals surface area contributed by atoms with Crippen molar-refractivity contribution >= 4 is 38.9 Å². The summed E-state index contributed by atoms with van der Waals surface area (Å²) in [5.74, 6) is 0. The summed E-state index contributed by atoms with van der Waals surface area (Å²) in [7, 11) is 0. The van der Waals surface area contributed by atoms with Crippen LogP contribution in [-0.2, 0) is 0 Å². The molecule has 0 atom stereocenters. The van der Waals surface area contributed by atoms with E-state index in [0.29, 0.717) is 15.5 Å². The largest absolute Gasteiger partial charge is 0.380 e. The second kappa shape index (κ2) is 5.23. The molecule has 6 heteroatoms. The third kappa shape index (κ3) is 2.90. The maximum Gasteiger partial charge on any atom is 0.272 e. The Labute approximate surface area is 113 Å². The van der Waals surface area contributed by atoms with E-state index < -0.39 is 4.92 Å². The SMILES string of the molecule is O=[N+]([O-])c1cc(Cl)c(NC2CCCC2)c(Br)c1. The Kier molecular flexibility index (Phi) is 3.89. The van der Waals surface area contributed by atoms with Crippen molar-refractivity contribution in [2.75, 3.05) is 5.32 Å². The Hall–Kier alpha value is -0.810. The van der Waals surface area contributed by atoms with E-state index >= 15 is 0 Å². The quantitative estimate of drug-likeness (QED) is 0.665. The minimum absolute atomic E-state index is 0.00107. The number of non-ortho nitro benzene ring substituents is 1. The van der Waals surface area contributed by atoms with E-state index in [9.17, 15) is 10.1 Å². The number of hydrogen-bond donors (Lipinski definition) is 1. The molecule has 0 spiro atoms. The normalized spacial score (nSPS) is 16.1. The minimum Gasteiger partial charge on any atom is -0.380 e. The van der Waals surface area contributed by atoms with Gasteiger partial charge in [0.2, 0.25) is 0 Å². The molecule has 92 valence electrons. The number of benzene rings is 1. The van der Waals surface area contributed by atoms with Gasteiger partial charge >= 0.3 is 0 Å². The van der Waals surface area contributed by atoms with Crippen molar-refractivity contribution in [3.63, 3.8) is 0 Å². The highest BCUT2D eigenvalue weighted by Crippen LogP contribution is 2.36. The lowest BCUT2D eigenvalue weighted by Gasteiger charge is -2.16. The van der Waals surface area contributed by atoms with E-state index in [4.69, 9.17) is 11.6 Å². The first-order chi connectivity index (χ1) is 8.08. The first-order valence-electron chi connectivity index (χ1n) is 5.48. The Bertz CT molecular complexity index is 424. The zero-order valence-corrected chi connectivity index (χ0v) is 11.4. The van der Waals surface area contributed by atoms with E-state index in [2.05, 4.69) is 21.2 Å². The van der Waals surface area contributed by atoms with Crippen LogP contribution in [0.1, 0.15) is 25.7 Å². The standard InChI is InChI=1S/C11H12BrClN2O2/c12-9-5-8(15(16)17)6-10(13)11(9)14-7-3-1-2-4-7/h5-7,14H,1-4H2. The van der Waals surface area contributed by atoms with Crippen LogP contribution in [0.2, 0.25) is 5.02 Å². The smallest absolute Gasteiger partial charge is 0.272 e. The predicted octanol–water partition coefficient (Wildman–Crippen LogP) is 4.37. The second-order valence-electron chi connectivity index (χ2n) is 4.17. The summed E-state index contributed by atoms with van der Waals surface area (Å²) < 4.78 is 0.642. The van der Waals surface area contributed by atoms with Gasteiger partial charge in [0.05, 0.1) is 15.6 Å². The van der Waals surface area contributed by atoms with Gasteiger partial charge in [-0.3, -0.25) is 10.1 Å². The van der Waals surface area contributed by atoms with Gasteiger partial charge in [-0.1, -0.05) is 24.4 Å². The lowest BCUT2D eigenvalue weighted by atomic mass is 10.2. The van der Waals surface area contributed by atoms with Crippen LogP contribution in [0, 0.1) is 10.1 Å². The Morgan fingerprint density at radius 3 is 2.59 bits per heavy atom. The van der Waals surface area contributed by atoms with Crippen LogP contribution in [0.25, 0.3) is 0 Å². The molecule has 1 saturated carbocycles. The first kappa shape index (κ1) is 12.6. The first-order valence-corrected chi connectivity index (χ1v) is 6.65. The fraction of sp³-hybridized carbons (Fsp3) is 0.455. The Balaban J connectivity index is 2.24. The molecule has 4 nitrogen and oxygen atoms in total. The topological polar surface area (TPSA) is 55.2 Å². The van der Waals surface area contributed by atoms with E-state index in [1.807, 2.05) is 0 Å². The summed E-state index contributed by atoms with van der Waals surface area (Å²) >= 11 is 9.38. The number of nitro groups is 1. The zero-order chi connectivity index (χ0) is 12.4. The van der Waals surface area contributed by atoms with Crippen LogP contribution in [0.15, 0.2) is 16.6 Å². The van der Waals surface area contributed by atoms with Crippen molar-refractivity contribution < 1.29 is 4.92 Å². The molecule has 0 amide bonds. The zero-order valence-electron chi connectivity index (χ0n) is 9.08. The molecule has 0 aromatic heterocycles. The van der Waals surface area contributed by atoms with Gasteiger partial charge in [-0.15, -0.1) is 0 Å². The van der Waals surface area contributed by atoms with E-state index in [1.54, 1.807) is 0 Å². The maximum atomic E-state index is 10.7. The summed E-state index contributed by atoms with van der Waals surface area (Å²) in [4.78, 5) is 10.2. The van der Waals surface area contributed by atoms with Crippen molar-refractivity contribution in [3.8, 4) is 0 Å². The molecule has 0 radical (unpaired) electrons. The van der Waals surface area contributed by atoms with Gasteiger partial charge in [0.1, 0.15) is 0 Å². The van der Waals surface area contributed by atoms with Crippen molar-refractivity contribution in [3.05, 3.63) is 31.7 Å². The Morgan fingerprint density at radius 1 is 1.41 bits per heavy atom. The summed E-state index contributed by atoms with van der Waals surface area (Å²) in [6.07, 6.45) is 4.69. The molecule has 1 N–H and O–H groups in total. The van der Waals surface area contributed by atoms with E-state index in [1.165, 1.54) is 25.0 Å². The van der Waals surface area contributed by atoms with Gasteiger partial charge in [0, 0.05) is 22.6 Å². The molecule has 1 aliphatic rings. The van der Waals surface area contributed by atoms with Crippen LogP contribution in [0.5, 0.6) is 0 Å². The van der Waals surface area contributed by atoms with Gasteiger partial charge < -0.3 is 5.32 Å². The molecule has 1 aliphatic carbocycles. The average molecular weight is 320 g/mol. The van der Waals surface area contributed by atoms with Crippen LogP contribution in [-0.4, -0.2) is 11.0 Å². The number of nitrogens with one attached hydrogen (secondary N) is 1. The average Bonchev–Trinajstić information content (AvgIpc) is 2.75. The fourth-order valence-corrected chi connectivity index (χ4v) is 3.02. The van der Waals surface area contributed by atoms with Crippen molar-refractivity contribution in [2.24, 2.45) is 0 Å². The van der Waals surface area contributed by atoms with Crippen LogP contribution >= 0.6 is 27.5 Å². The lowest BCUT2D eigenvalue weighted by Crippen LogP contribution is -2.15. The lowest BCUT2D eigenvalue weighted by molar-refractivity contribution is -0.384. The molecule has 1 fully saturated rings. The van der Waals surface area contributed by atoms with Crippen LogP contribution in [0.4, 0.5) is 11.4 Å². The monoisotopic (exact) mass is 318 g/mol. The third-order valence-electron chi connectivity index (χ3n) is 2.94. The molecule has 0 bridgehead atoms. The number of halogens is 2. The molecule has 0 unspecified atom stereocenters. The highest BCUT2D eigenvalue weighted by molar-refractivity contribution is 9.10. The molecule has 0 heterocycles. The van der Waals surface area contributed by atoms with Crippen molar-refractivity contribution in [2.45, 2.75) is 31.7 Å². The molecular formula is C11H12BrClN2O2. The summed E-state index contributed by atoms with van der Waals surface area (Å²) in [5.41, 5.74) is 0.753. The number of rotatable bonds is 3. The number of hydrogen-bond acceptors (Lipinski definition) is 3. The Morgan fingerprint density at radius 2 is 2.06 bits per heavy atom. The molecule has 1 aromatic rings. The predicted molar refractivity (Wildman–Crippen MR) is 71.7 cm³/mol. The van der Waals surface area contributed by atoms with Crippen LogP contribution in [0.3, 0.4) is 0 Å². The van der Waals surface area contributed by atoms with Gasteiger partial charge in [-0.05, 0) is 28.8 Å².